The molecule has 2 atom stereocenters. The molecule has 0 aliphatic carbocycles. The highest BCUT2D eigenvalue weighted by atomic mass is 16.5. The van der Waals surface area contributed by atoms with Crippen molar-refractivity contribution in [3.8, 4) is 0 Å². The van der Waals surface area contributed by atoms with Crippen molar-refractivity contribution in [2.75, 3.05) is 50.6 Å². The quantitative estimate of drug-likeness (QED) is 0.858. The molecule has 1 N–H and O–H groups in total. The molecule has 0 spiro atoms. The number of carbonyl (C=O) groups excluding carboxylic acids is 1. The highest BCUT2D eigenvalue weighted by Gasteiger charge is 2.41. The van der Waals surface area contributed by atoms with Gasteiger partial charge in [-0.25, -0.2) is 4.98 Å². The molecule has 1 aromatic rings. The highest BCUT2D eigenvalue weighted by Crippen LogP contribution is 2.30. The number of nitrogens with zero attached hydrogens (tertiary/aromatic N) is 4. The molecule has 0 saturated carbocycles. The molecule has 2 bridgehead atoms. The predicted octanol–water partition coefficient (Wildman–Crippen LogP) is 0.592. The van der Waals surface area contributed by atoms with E-state index in [0.29, 0.717) is 25.6 Å². The van der Waals surface area contributed by atoms with Gasteiger partial charge in [0.1, 0.15) is 5.82 Å². The Morgan fingerprint density at radius 3 is 3.05 bits per heavy atom. The molecule has 0 aromatic carbocycles. The van der Waals surface area contributed by atoms with E-state index in [0.717, 1.165) is 25.2 Å². The maximum Gasteiger partial charge on any atom is 0.227 e. The number of fused-ring (bicyclic) bond motifs is 4. The zero-order valence-electron chi connectivity index (χ0n) is 13.2. The van der Waals surface area contributed by atoms with E-state index in [1.165, 1.54) is 0 Å². The largest absolute Gasteiger partial charge is 0.383 e. The molecule has 4 rings (SSSR count). The van der Waals surface area contributed by atoms with Gasteiger partial charge in [0.2, 0.25) is 11.9 Å². The monoisotopic (exact) mass is 305 g/mol. The minimum atomic E-state index is 0.0393. The smallest absolute Gasteiger partial charge is 0.227 e. The number of hydrogen-bond donors (Lipinski definition) is 1. The molecule has 1 amide bonds. The Morgan fingerprint density at radius 1 is 1.41 bits per heavy atom. The molecule has 7 heteroatoms. The highest BCUT2D eigenvalue weighted by molar-refractivity contribution is 5.81. The summed E-state index contributed by atoms with van der Waals surface area (Å²) in [4.78, 5) is 25.6. The van der Waals surface area contributed by atoms with Crippen LogP contribution in [0.1, 0.15) is 12.8 Å². The second kappa shape index (κ2) is 6.48. The third-order valence-electron chi connectivity index (χ3n) is 4.51. The van der Waals surface area contributed by atoms with Crippen LogP contribution in [0.15, 0.2) is 12.3 Å². The lowest BCUT2D eigenvalue weighted by molar-refractivity contribution is -0.140. The number of nitrogens with one attached hydrogen (secondary N) is 1. The summed E-state index contributed by atoms with van der Waals surface area (Å²) in [5.74, 6) is 1.78. The van der Waals surface area contributed by atoms with E-state index in [-0.39, 0.29) is 17.9 Å². The van der Waals surface area contributed by atoms with E-state index in [4.69, 9.17) is 4.74 Å². The predicted molar refractivity (Wildman–Crippen MR) is 83.9 cm³/mol. The Bertz CT molecular complexity index is 538. The number of aromatic nitrogens is 2. The van der Waals surface area contributed by atoms with Crippen molar-refractivity contribution in [1.82, 2.24) is 14.9 Å². The van der Waals surface area contributed by atoms with Crippen LogP contribution in [-0.4, -0.2) is 67.2 Å². The zero-order valence-corrected chi connectivity index (χ0v) is 13.2. The van der Waals surface area contributed by atoms with Crippen molar-refractivity contribution in [2.24, 2.45) is 5.92 Å². The van der Waals surface area contributed by atoms with Gasteiger partial charge in [-0.05, 0) is 18.9 Å². The van der Waals surface area contributed by atoms with Crippen molar-refractivity contribution in [1.29, 1.82) is 0 Å². The minimum Gasteiger partial charge on any atom is -0.383 e. The molecule has 3 fully saturated rings. The van der Waals surface area contributed by atoms with Gasteiger partial charge in [0.25, 0.3) is 0 Å². The van der Waals surface area contributed by atoms with Crippen LogP contribution < -0.4 is 10.2 Å². The topological polar surface area (TPSA) is 70.6 Å². The second-order valence-corrected chi connectivity index (χ2v) is 5.85. The molecular formula is C15H23N5O2. The lowest BCUT2D eigenvalue weighted by Gasteiger charge is -2.35. The Hall–Kier alpha value is -1.89. The number of methoxy groups -OCH3 is 1. The van der Waals surface area contributed by atoms with Gasteiger partial charge in [-0.2, -0.15) is 4.98 Å². The number of rotatable bonds is 5. The lowest BCUT2D eigenvalue weighted by atomic mass is 9.94. The van der Waals surface area contributed by atoms with E-state index >= 15 is 0 Å². The van der Waals surface area contributed by atoms with Gasteiger partial charge in [0.05, 0.1) is 12.5 Å². The van der Waals surface area contributed by atoms with Crippen molar-refractivity contribution in [3.63, 3.8) is 0 Å². The third kappa shape index (κ3) is 2.85. The first-order valence-corrected chi connectivity index (χ1v) is 7.78. The van der Waals surface area contributed by atoms with Crippen LogP contribution in [0.3, 0.4) is 0 Å². The fourth-order valence-electron chi connectivity index (χ4n) is 3.33. The maximum absolute atomic E-state index is 12.6. The molecule has 3 saturated heterocycles. The van der Waals surface area contributed by atoms with Crippen LogP contribution in [0.4, 0.5) is 11.8 Å². The molecule has 3 aliphatic heterocycles. The number of hydrogen-bond acceptors (Lipinski definition) is 6. The molecule has 1 aromatic heterocycles. The standard InChI is InChI=1S/C15H23N5O2/c1-16-13-5-6-17-15(18-13)19-9-11-3-4-12(10-19)20(14(11)21)7-8-22-2/h5-6,11-12H,3-4,7-10H2,1-2H3,(H,16,17,18)/t11-,12+/m1/s1. The van der Waals surface area contributed by atoms with Crippen molar-refractivity contribution < 1.29 is 9.53 Å². The van der Waals surface area contributed by atoms with Crippen molar-refractivity contribution in [3.05, 3.63) is 12.3 Å². The van der Waals surface area contributed by atoms with E-state index in [2.05, 4.69) is 20.2 Å². The number of piperidine rings is 1. The van der Waals surface area contributed by atoms with Crippen LogP contribution >= 0.6 is 0 Å². The number of ether oxygens (including phenoxy) is 1. The Balaban J connectivity index is 1.80. The molecule has 4 heterocycles. The van der Waals surface area contributed by atoms with Gasteiger partial charge in [0.15, 0.2) is 0 Å². The first-order chi connectivity index (χ1) is 10.7. The normalized spacial score (nSPS) is 24.5. The fourth-order valence-corrected chi connectivity index (χ4v) is 3.33. The summed E-state index contributed by atoms with van der Waals surface area (Å²) < 4.78 is 5.14. The number of carbonyl (C=O) groups is 1. The minimum absolute atomic E-state index is 0.0393. The summed E-state index contributed by atoms with van der Waals surface area (Å²) >= 11 is 0. The van der Waals surface area contributed by atoms with E-state index in [1.54, 1.807) is 13.3 Å². The second-order valence-electron chi connectivity index (χ2n) is 5.85. The zero-order chi connectivity index (χ0) is 15.5. The Kier molecular flexibility index (Phi) is 4.42. The summed E-state index contributed by atoms with van der Waals surface area (Å²) in [5, 5.41) is 3.03. The number of anilines is 2. The molecule has 120 valence electrons. The van der Waals surface area contributed by atoms with E-state index in [1.807, 2.05) is 18.0 Å². The average Bonchev–Trinajstić information content (AvgIpc) is 2.84. The van der Waals surface area contributed by atoms with Gasteiger partial charge >= 0.3 is 0 Å². The Morgan fingerprint density at radius 2 is 2.27 bits per heavy atom. The lowest BCUT2D eigenvalue weighted by Crippen LogP contribution is -2.49. The number of amides is 1. The van der Waals surface area contributed by atoms with Gasteiger partial charge in [-0.3, -0.25) is 4.79 Å². The third-order valence-corrected chi connectivity index (χ3v) is 4.51. The SMILES string of the molecule is CNc1ccnc(N2C[C@H]3CC[C@@H](C2)N(CCOC)C3=O)n1. The molecule has 0 unspecified atom stereocenters. The summed E-state index contributed by atoms with van der Waals surface area (Å²) in [5.41, 5.74) is 0. The summed E-state index contributed by atoms with van der Waals surface area (Å²) in [7, 11) is 3.51. The Labute approximate surface area is 130 Å². The molecule has 3 aliphatic rings. The van der Waals surface area contributed by atoms with Crippen LogP contribution in [0.2, 0.25) is 0 Å². The average molecular weight is 305 g/mol. The van der Waals surface area contributed by atoms with E-state index < -0.39 is 0 Å². The first kappa shape index (κ1) is 15.0. The van der Waals surface area contributed by atoms with Crippen LogP contribution in [0, 0.1) is 5.92 Å². The van der Waals surface area contributed by atoms with Crippen LogP contribution in [0.5, 0.6) is 0 Å². The maximum atomic E-state index is 12.6. The van der Waals surface area contributed by atoms with Gasteiger partial charge in [-0.15, -0.1) is 0 Å². The molecular weight excluding hydrogens is 282 g/mol. The summed E-state index contributed by atoms with van der Waals surface area (Å²) in [6.45, 7) is 2.74. The van der Waals surface area contributed by atoms with Crippen LogP contribution in [-0.2, 0) is 9.53 Å². The fraction of sp³-hybridized carbons (Fsp3) is 0.667. The summed E-state index contributed by atoms with van der Waals surface area (Å²) in [6.07, 6.45) is 3.75. The molecule has 7 nitrogen and oxygen atoms in total. The molecule has 0 radical (unpaired) electrons. The van der Waals surface area contributed by atoms with Crippen molar-refractivity contribution in [2.45, 2.75) is 18.9 Å². The van der Waals surface area contributed by atoms with E-state index in [9.17, 15) is 4.79 Å². The summed E-state index contributed by atoms with van der Waals surface area (Å²) in [6, 6.07) is 2.06. The first-order valence-electron chi connectivity index (χ1n) is 7.78. The van der Waals surface area contributed by atoms with Crippen molar-refractivity contribution >= 4 is 17.7 Å². The van der Waals surface area contributed by atoms with Gasteiger partial charge in [0, 0.05) is 46.0 Å². The van der Waals surface area contributed by atoms with Gasteiger partial charge in [-0.1, -0.05) is 0 Å². The molecule has 22 heavy (non-hydrogen) atoms. The van der Waals surface area contributed by atoms with Gasteiger partial charge < -0.3 is 19.9 Å². The van der Waals surface area contributed by atoms with Crippen LogP contribution in [0.25, 0.3) is 0 Å².